The minimum absolute atomic E-state index is 0.151. The van der Waals surface area contributed by atoms with Crippen molar-refractivity contribution in [3.8, 4) is 0 Å². The fraction of sp³-hybridized carbons (Fsp3) is 0.393. The van der Waals surface area contributed by atoms with E-state index in [0.29, 0.717) is 23.6 Å². The lowest BCUT2D eigenvalue weighted by atomic mass is 9.71. The number of para-hydroxylation sites is 1. The first-order chi connectivity index (χ1) is 18.2. The summed E-state index contributed by atoms with van der Waals surface area (Å²) in [6.07, 6.45) is 2.38. The summed E-state index contributed by atoms with van der Waals surface area (Å²) >= 11 is 11.6. The Balaban J connectivity index is 1.64. The number of aliphatic hydroxyl groups excluding tert-OH is 1. The first kappa shape index (κ1) is 27.2. The number of hydrogen-bond donors (Lipinski definition) is 2. The van der Waals surface area contributed by atoms with E-state index in [0.717, 1.165) is 5.56 Å². The van der Waals surface area contributed by atoms with Crippen LogP contribution in [0, 0.1) is 11.8 Å². The van der Waals surface area contributed by atoms with E-state index in [1.54, 1.807) is 30.3 Å². The Hall–Kier alpha value is -2.33. The highest BCUT2D eigenvalue weighted by atomic mass is 79.9. The monoisotopic (exact) mass is 618 g/mol. The average molecular weight is 620 g/mol. The SMILES string of the molecule is C=CCN(C(=O)C1N([C@@H](CO)Cc2ccccc2)C(=O)[C@@H]2[C@H](C(=O)O)[C@H]3SC12CC3Br)c1ccccc1Cl. The number of carbonyl (C=O) groups is 3. The molecule has 0 aliphatic carbocycles. The minimum Gasteiger partial charge on any atom is -0.481 e. The second-order valence-corrected chi connectivity index (χ2v) is 13.1. The Morgan fingerprint density at radius 2 is 1.92 bits per heavy atom. The third-order valence-electron chi connectivity index (χ3n) is 7.89. The molecule has 7 atom stereocenters. The zero-order valence-electron chi connectivity index (χ0n) is 20.5. The summed E-state index contributed by atoms with van der Waals surface area (Å²) in [6, 6.07) is 14.7. The lowest BCUT2D eigenvalue weighted by molar-refractivity contribution is -0.149. The largest absolute Gasteiger partial charge is 0.481 e. The van der Waals surface area contributed by atoms with Gasteiger partial charge in [-0.3, -0.25) is 14.4 Å². The number of carboxylic acid groups (broad SMARTS) is 1. The van der Waals surface area contributed by atoms with Gasteiger partial charge in [-0.25, -0.2) is 0 Å². The van der Waals surface area contributed by atoms with Crippen LogP contribution in [0.4, 0.5) is 5.69 Å². The molecule has 3 heterocycles. The normalized spacial score (nSPS) is 30.2. The number of aliphatic hydroxyl groups is 1. The Bertz CT molecular complexity index is 1260. The number of thioether (sulfide) groups is 1. The van der Waals surface area contributed by atoms with Crippen LogP contribution in [-0.4, -0.2) is 73.0 Å². The summed E-state index contributed by atoms with van der Waals surface area (Å²) in [6.45, 7) is 3.60. The van der Waals surface area contributed by atoms with Crippen LogP contribution in [-0.2, 0) is 20.8 Å². The molecule has 7 nitrogen and oxygen atoms in total. The molecule has 3 fully saturated rings. The highest BCUT2D eigenvalue weighted by molar-refractivity contribution is 9.09. The first-order valence-corrected chi connectivity index (χ1v) is 14.6. The van der Waals surface area contributed by atoms with Gasteiger partial charge in [0.1, 0.15) is 6.04 Å². The summed E-state index contributed by atoms with van der Waals surface area (Å²) in [5, 5.41) is 20.8. The molecule has 3 aliphatic rings. The third kappa shape index (κ3) is 4.28. The van der Waals surface area contributed by atoms with E-state index in [1.807, 2.05) is 30.3 Å². The maximum absolute atomic E-state index is 14.6. The van der Waals surface area contributed by atoms with Crippen molar-refractivity contribution in [2.45, 2.75) is 39.7 Å². The molecule has 1 spiro atoms. The van der Waals surface area contributed by atoms with Gasteiger partial charge in [0, 0.05) is 16.6 Å². The molecule has 38 heavy (non-hydrogen) atoms. The minimum atomic E-state index is -1.04. The third-order valence-corrected chi connectivity index (χ3v) is 11.4. The molecule has 0 aromatic heterocycles. The van der Waals surface area contributed by atoms with Gasteiger partial charge in [0.2, 0.25) is 5.91 Å². The molecule has 10 heteroatoms. The molecule has 2 aromatic rings. The molecule has 0 saturated carbocycles. The molecule has 2 N–H and O–H groups in total. The fourth-order valence-electron chi connectivity index (χ4n) is 6.41. The quantitative estimate of drug-likeness (QED) is 0.325. The van der Waals surface area contributed by atoms with Crippen LogP contribution < -0.4 is 4.90 Å². The molecule has 0 radical (unpaired) electrons. The lowest BCUT2D eigenvalue weighted by Crippen LogP contribution is -2.58. The van der Waals surface area contributed by atoms with Crippen molar-refractivity contribution in [3.63, 3.8) is 0 Å². The van der Waals surface area contributed by atoms with Crippen molar-refractivity contribution in [1.82, 2.24) is 4.90 Å². The van der Waals surface area contributed by atoms with Gasteiger partial charge in [0.25, 0.3) is 5.91 Å². The van der Waals surface area contributed by atoms with Crippen molar-refractivity contribution in [2.24, 2.45) is 11.8 Å². The number of carbonyl (C=O) groups excluding carboxylic acids is 2. The second-order valence-electron chi connectivity index (χ2n) is 9.96. The predicted octanol–water partition coefficient (Wildman–Crippen LogP) is 4.01. The van der Waals surface area contributed by atoms with Crippen molar-refractivity contribution < 1.29 is 24.6 Å². The standard InChI is InChI=1S/C28H28BrClN2O5S/c1-2-12-31(20-11-7-6-10-19(20)30)26(35)24-28-14-18(29)23(38-28)21(27(36)37)22(28)25(34)32(24)17(15-33)13-16-8-4-3-5-9-16/h2-11,17-18,21-24,33H,1,12-15H2,(H,36,37)/t17-,18?,21+,22+,23+,24?,28?/m1/s1. The summed E-state index contributed by atoms with van der Waals surface area (Å²) in [4.78, 5) is 44.1. The summed E-state index contributed by atoms with van der Waals surface area (Å²) in [7, 11) is 0. The van der Waals surface area contributed by atoms with E-state index in [1.165, 1.54) is 21.6 Å². The van der Waals surface area contributed by atoms with Crippen LogP contribution in [0.15, 0.2) is 67.3 Å². The summed E-state index contributed by atoms with van der Waals surface area (Å²) < 4.78 is -0.957. The topological polar surface area (TPSA) is 98.2 Å². The molecule has 3 saturated heterocycles. The molecule has 3 aliphatic heterocycles. The summed E-state index contributed by atoms with van der Waals surface area (Å²) in [5.41, 5.74) is 1.39. The van der Waals surface area contributed by atoms with Crippen molar-refractivity contribution >= 4 is 62.8 Å². The highest BCUT2D eigenvalue weighted by Crippen LogP contribution is 2.68. The number of hydrogen-bond acceptors (Lipinski definition) is 5. The number of fused-ring (bicyclic) bond motifs is 1. The molecule has 200 valence electrons. The van der Waals surface area contributed by atoms with E-state index in [2.05, 4.69) is 22.5 Å². The zero-order valence-corrected chi connectivity index (χ0v) is 23.6. The number of halogens is 2. The molecule has 3 unspecified atom stereocenters. The van der Waals surface area contributed by atoms with Gasteiger partial charge in [0.15, 0.2) is 0 Å². The number of amides is 2. The van der Waals surface area contributed by atoms with Crippen LogP contribution in [0.3, 0.4) is 0 Å². The number of anilines is 1. The van der Waals surface area contributed by atoms with Gasteiger partial charge in [-0.2, -0.15) is 0 Å². The number of alkyl halides is 1. The molecule has 2 amide bonds. The van der Waals surface area contributed by atoms with Gasteiger partial charge < -0.3 is 20.0 Å². The molecule has 5 rings (SSSR count). The number of rotatable bonds is 9. The predicted molar refractivity (Wildman–Crippen MR) is 152 cm³/mol. The smallest absolute Gasteiger partial charge is 0.308 e. The fourth-order valence-corrected chi connectivity index (χ4v) is 10.2. The van der Waals surface area contributed by atoms with Crippen LogP contribution in [0.25, 0.3) is 0 Å². The van der Waals surface area contributed by atoms with Crippen molar-refractivity contribution in [3.05, 3.63) is 77.8 Å². The Morgan fingerprint density at radius 1 is 1.24 bits per heavy atom. The van der Waals surface area contributed by atoms with Crippen molar-refractivity contribution in [1.29, 1.82) is 0 Å². The Morgan fingerprint density at radius 3 is 2.55 bits per heavy atom. The van der Waals surface area contributed by atoms with Gasteiger partial charge in [-0.15, -0.1) is 18.3 Å². The van der Waals surface area contributed by atoms with Gasteiger partial charge in [-0.1, -0.05) is 76.1 Å². The van der Waals surface area contributed by atoms with Gasteiger partial charge >= 0.3 is 5.97 Å². The van der Waals surface area contributed by atoms with Gasteiger partial charge in [0.05, 0.1) is 39.9 Å². The first-order valence-electron chi connectivity index (χ1n) is 12.4. The summed E-state index contributed by atoms with van der Waals surface area (Å²) in [5.74, 6) is -3.61. The van der Waals surface area contributed by atoms with Crippen LogP contribution in [0.5, 0.6) is 0 Å². The Labute approximate surface area is 239 Å². The molecular weight excluding hydrogens is 592 g/mol. The average Bonchev–Trinajstić information content (AvgIpc) is 3.50. The Kier molecular flexibility index (Phi) is 7.66. The molecular formula is C28H28BrClN2O5S. The second kappa shape index (κ2) is 10.7. The van der Waals surface area contributed by atoms with Crippen LogP contribution >= 0.6 is 39.3 Å². The number of aliphatic carboxylic acids is 1. The van der Waals surface area contributed by atoms with E-state index in [9.17, 15) is 24.6 Å². The molecule has 2 bridgehead atoms. The van der Waals surface area contributed by atoms with E-state index in [4.69, 9.17) is 11.6 Å². The van der Waals surface area contributed by atoms with Crippen molar-refractivity contribution in [2.75, 3.05) is 18.1 Å². The highest BCUT2D eigenvalue weighted by Gasteiger charge is 2.76. The maximum Gasteiger partial charge on any atom is 0.308 e. The number of likely N-dealkylation sites (tertiary alicyclic amines) is 1. The van der Waals surface area contributed by atoms with E-state index in [-0.39, 0.29) is 29.1 Å². The lowest BCUT2D eigenvalue weighted by Gasteiger charge is -2.40. The van der Waals surface area contributed by atoms with E-state index >= 15 is 0 Å². The molecule has 2 aromatic carbocycles. The number of carboxylic acids is 1. The van der Waals surface area contributed by atoms with Crippen LogP contribution in [0.1, 0.15) is 12.0 Å². The number of nitrogens with zero attached hydrogens (tertiary/aromatic N) is 2. The van der Waals surface area contributed by atoms with Crippen LogP contribution in [0.2, 0.25) is 5.02 Å². The zero-order chi connectivity index (χ0) is 27.2. The van der Waals surface area contributed by atoms with E-state index < -0.39 is 40.5 Å². The number of benzene rings is 2. The van der Waals surface area contributed by atoms with Gasteiger partial charge in [-0.05, 0) is 30.5 Å². The maximum atomic E-state index is 14.6.